The van der Waals surface area contributed by atoms with Crippen molar-refractivity contribution in [3.63, 3.8) is 0 Å². The molecule has 7 nitrogen and oxygen atoms in total. The Balaban J connectivity index is 1.80. The quantitative estimate of drug-likeness (QED) is 0.519. The second-order valence-electron chi connectivity index (χ2n) is 5.48. The molecule has 0 aliphatic carbocycles. The van der Waals surface area contributed by atoms with E-state index < -0.39 is 5.97 Å². The molecule has 0 fully saturated rings. The minimum Gasteiger partial charge on any atom is -0.462 e. The second kappa shape index (κ2) is 7.49. The summed E-state index contributed by atoms with van der Waals surface area (Å²) in [5, 5.41) is 9.37. The predicted octanol–water partition coefficient (Wildman–Crippen LogP) is 2.58. The van der Waals surface area contributed by atoms with Gasteiger partial charge in [0.15, 0.2) is 5.82 Å². The zero-order valence-electron chi connectivity index (χ0n) is 14.0. The van der Waals surface area contributed by atoms with Gasteiger partial charge in [-0.25, -0.2) is 9.78 Å². The average molecular weight is 349 g/mol. The number of carbonyl (C=O) groups is 1. The number of rotatable bonds is 5. The van der Waals surface area contributed by atoms with Crippen molar-refractivity contribution in [3.8, 4) is 6.07 Å². The molecule has 7 heteroatoms. The highest BCUT2D eigenvalue weighted by atomic mass is 16.5. The molecule has 0 spiro atoms. The van der Waals surface area contributed by atoms with Crippen molar-refractivity contribution < 1.29 is 13.9 Å². The number of aryl methyl sites for hydroxylation is 1. The fourth-order valence-corrected chi connectivity index (χ4v) is 2.43. The Labute approximate surface area is 148 Å². The first-order valence-corrected chi connectivity index (χ1v) is 7.85. The lowest BCUT2D eigenvalue weighted by molar-refractivity contribution is -0.139. The highest BCUT2D eigenvalue weighted by molar-refractivity contribution is 5.86. The number of carbonyl (C=O) groups excluding carboxylic acids is 1. The molecule has 0 aliphatic heterocycles. The number of furan rings is 1. The summed E-state index contributed by atoms with van der Waals surface area (Å²) < 4.78 is 11.7. The maximum absolute atomic E-state index is 12.5. The maximum atomic E-state index is 12.5. The highest BCUT2D eigenvalue weighted by Gasteiger charge is 2.12. The van der Waals surface area contributed by atoms with E-state index in [2.05, 4.69) is 4.98 Å². The van der Waals surface area contributed by atoms with Crippen molar-refractivity contribution in [1.82, 2.24) is 9.55 Å². The molecule has 3 rings (SSSR count). The van der Waals surface area contributed by atoms with E-state index in [-0.39, 0.29) is 24.5 Å². The van der Waals surface area contributed by atoms with Gasteiger partial charge in [0.05, 0.1) is 17.0 Å². The van der Waals surface area contributed by atoms with Crippen LogP contribution in [0, 0.1) is 18.3 Å². The van der Waals surface area contributed by atoms with Crippen LogP contribution in [0.25, 0.3) is 17.0 Å². The molecular weight excluding hydrogens is 334 g/mol. The molecule has 0 amide bonds. The number of para-hydroxylation sites is 1. The van der Waals surface area contributed by atoms with Crippen LogP contribution in [-0.2, 0) is 22.7 Å². The molecule has 3 aromatic rings. The number of aromatic nitrogens is 2. The maximum Gasteiger partial charge on any atom is 0.331 e. The van der Waals surface area contributed by atoms with Crippen LogP contribution in [0.15, 0.2) is 51.7 Å². The molecular formula is C19H15N3O4. The van der Waals surface area contributed by atoms with E-state index in [0.29, 0.717) is 16.7 Å². The smallest absolute Gasteiger partial charge is 0.331 e. The van der Waals surface area contributed by atoms with Gasteiger partial charge < -0.3 is 9.15 Å². The van der Waals surface area contributed by atoms with Crippen LogP contribution in [-0.4, -0.2) is 15.5 Å². The van der Waals surface area contributed by atoms with E-state index in [1.54, 1.807) is 43.3 Å². The molecule has 2 aromatic heterocycles. The lowest BCUT2D eigenvalue weighted by atomic mass is 10.2. The molecule has 0 aliphatic rings. The molecule has 0 atom stereocenters. The van der Waals surface area contributed by atoms with Crippen molar-refractivity contribution in [1.29, 1.82) is 5.26 Å². The summed E-state index contributed by atoms with van der Waals surface area (Å²) in [6.45, 7) is 1.41. The van der Waals surface area contributed by atoms with Crippen molar-refractivity contribution in [3.05, 3.63) is 70.2 Å². The molecule has 0 radical (unpaired) electrons. The van der Waals surface area contributed by atoms with Gasteiger partial charge >= 0.3 is 5.97 Å². The van der Waals surface area contributed by atoms with Crippen LogP contribution < -0.4 is 5.56 Å². The summed E-state index contributed by atoms with van der Waals surface area (Å²) in [5.41, 5.74) is 0.143. The van der Waals surface area contributed by atoms with E-state index >= 15 is 0 Å². The van der Waals surface area contributed by atoms with Crippen molar-refractivity contribution >= 4 is 22.9 Å². The van der Waals surface area contributed by atoms with Gasteiger partial charge in [-0.3, -0.25) is 9.36 Å². The Hall–Kier alpha value is -3.66. The summed E-state index contributed by atoms with van der Waals surface area (Å²) in [5.74, 6) is 0.874. The molecule has 0 bridgehead atoms. The minimum absolute atomic E-state index is 0.176. The second-order valence-corrected chi connectivity index (χ2v) is 5.48. The average Bonchev–Trinajstić information content (AvgIpc) is 3.06. The van der Waals surface area contributed by atoms with Gasteiger partial charge in [0, 0.05) is 6.08 Å². The molecule has 130 valence electrons. The molecule has 0 unspecified atom stereocenters. The number of hydrogen-bond acceptors (Lipinski definition) is 6. The Morgan fingerprint density at radius 2 is 2.15 bits per heavy atom. The number of fused-ring (bicyclic) bond motifs is 1. The Bertz CT molecular complexity index is 1090. The van der Waals surface area contributed by atoms with Gasteiger partial charge in [0.2, 0.25) is 0 Å². The normalized spacial score (nSPS) is 10.9. The van der Waals surface area contributed by atoms with Gasteiger partial charge in [-0.05, 0) is 37.3 Å². The SMILES string of the molecule is Cc1ccc(/C=C/C(=O)OCc2nc3ccccc3c(=O)n2CC#N)o1. The lowest BCUT2D eigenvalue weighted by Crippen LogP contribution is -2.26. The van der Waals surface area contributed by atoms with Crippen LogP contribution in [0.4, 0.5) is 0 Å². The fourth-order valence-electron chi connectivity index (χ4n) is 2.43. The molecule has 1 aromatic carbocycles. The van der Waals surface area contributed by atoms with Gasteiger partial charge in [0.1, 0.15) is 24.7 Å². The van der Waals surface area contributed by atoms with Crippen LogP contribution in [0.1, 0.15) is 17.3 Å². The van der Waals surface area contributed by atoms with Crippen molar-refractivity contribution in [2.24, 2.45) is 0 Å². The zero-order chi connectivity index (χ0) is 18.5. The van der Waals surface area contributed by atoms with E-state index in [0.717, 1.165) is 5.76 Å². The lowest BCUT2D eigenvalue weighted by Gasteiger charge is -2.10. The third-order valence-corrected chi connectivity index (χ3v) is 3.66. The van der Waals surface area contributed by atoms with Crippen molar-refractivity contribution in [2.45, 2.75) is 20.1 Å². The first kappa shape index (κ1) is 17.2. The van der Waals surface area contributed by atoms with E-state index in [1.807, 2.05) is 6.07 Å². The topological polar surface area (TPSA) is 98.1 Å². The van der Waals surface area contributed by atoms with Gasteiger partial charge in [-0.1, -0.05) is 12.1 Å². The molecule has 2 heterocycles. The number of benzene rings is 1. The van der Waals surface area contributed by atoms with E-state index in [4.69, 9.17) is 14.4 Å². The Kier molecular flexibility index (Phi) is 4.94. The number of ether oxygens (including phenoxy) is 1. The largest absolute Gasteiger partial charge is 0.462 e. The van der Waals surface area contributed by atoms with Crippen LogP contribution in [0.2, 0.25) is 0 Å². The third-order valence-electron chi connectivity index (χ3n) is 3.66. The van der Waals surface area contributed by atoms with Gasteiger partial charge in [0.25, 0.3) is 5.56 Å². The van der Waals surface area contributed by atoms with Gasteiger partial charge in [-0.2, -0.15) is 5.26 Å². The molecule has 26 heavy (non-hydrogen) atoms. The summed E-state index contributed by atoms with van der Waals surface area (Å²) in [4.78, 5) is 28.7. The Morgan fingerprint density at radius 3 is 2.88 bits per heavy atom. The molecule has 0 N–H and O–H groups in total. The number of nitrogens with zero attached hydrogens (tertiary/aromatic N) is 3. The first-order chi connectivity index (χ1) is 12.6. The summed E-state index contributed by atoms with van der Waals surface area (Å²) in [6, 6.07) is 12.3. The first-order valence-electron chi connectivity index (χ1n) is 7.85. The zero-order valence-corrected chi connectivity index (χ0v) is 14.0. The van der Waals surface area contributed by atoms with Crippen LogP contribution in [0.3, 0.4) is 0 Å². The van der Waals surface area contributed by atoms with Crippen molar-refractivity contribution in [2.75, 3.05) is 0 Å². The monoisotopic (exact) mass is 349 g/mol. The summed E-state index contributed by atoms with van der Waals surface area (Å²) >= 11 is 0. The molecule has 0 saturated carbocycles. The minimum atomic E-state index is -0.607. The van der Waals surface area contributed by atoms with Crippen LogP contribution in [0.5, 0.6) is 0 Å². The summed E-state index contributed by atoms with van der Waals surface area (Å²) in [7, 11) is 0. The molecule has 0 saturated heterocycles. The number of nitriles is 1. The predicted molar refractivity (Wildman–Crippen MR) is 93.9 cm³/mol. The van der Waals surface area contributed by atoms with Crippen LogP contribution >= 0.6 is 0 Å². The van der Waals surface area contributed by atoms with E-state index in [9.17, 15) is 9.59 Å². The van der Waals surface area contributed by atoms with E-state index in [1.165, 1.54) is 16.7 Å². The van der Waals surface area contributed by atoms with Gasteiger partial charge in [-0.15, -0.1) is 0 Å². The number of esters is 1. The number of hydrogen-bond donors (Lipinski definition) is 0. The third kappa shape index (κ3) is 3.70. The standard InChI is InChI=1S/C19H15N3O4/c1-13-6-7-14(26-13)8-9-18(23)25-12-17-21-16-5-3-2-4-15(16)19(24)22(17)11-10-20/h2-9H,11-12H2,1H3/b9-8+. The Morgan fingerprint density at radius 1 is 1.35 bits per heavy atom. The summed E-state index contributed by atoms with van der Waals surface area (Å²) in [6.07, 6.45) is 2.72. The highest BCUT2D eigenvalue weighted by Crippen LogP contribution is 2.10. The fraction of sp³-hybridized carbons (Fsp3) is 0.158.